The van der Waals surface area contributed by atoms with Crippen molar-refractivity contribution in [1.29, 1.82) is 0 Å². The van der Waals surface area contributed by atoms with Crippen LogP contribution in [0.5, 0.6) is 0 Å². The fourth-order valence-electron chi connectivity index (χ4n) is 1.81. The number of nitrogens with zero attached hydrogens (tertiary/aromatic N) is 3. The third-order valence-electron chi connectivity index (χ3n) is 3.00. The van der Waals surface area contributed by atoms with Crippen LogP contribution in [0.25, 0.3) is 0 Å². The Morgan fingerprint density at radius 2 is 2.04 bits per heavy atom. The molecule has 2 aromatic rings. The van der Waals surface area contributed by atoms with Crippen molar-refractivity contribution in [3.8, 4) is 0 Å². The lowest BCUT2D eigenvalue weighted by Crippen LogP contribution is -2.23. The molecule has 0 aliphatic carbocycles. The van der Waals surface area contributed by atoms with Crippen molar-refractivity contribution >= 4 is 21.2 Å². The summed E-state index contributed by atoms with van der Waals surface area (Å²) >= 11 is 0. The van der Waals surface area contributed by atoms with Crippen LogP contribution in [-0.2, 0) is 9.84 Å². The SMILES string of the molecule is CC(Nc1ccc(S(=O)(=O)C(F)(F)F)cc1[N+](=O)[O-])c1ncn[nH]1. The minimum Gasteiger partial charge on any atom is -0.370 e. The molecule has 0 fully saturated rings. The Kier molecular flexibility index (Phi) is 4.46. The molecule has 0 aliphatic heterocycles. The number of benzene rings is 1. The molecule has 2 rings (SSSR count). The molecule has 0 spiro atoms. The van der Waals surface area contributed by atoms with Crippen LogP contribution < -0.4 is 5.32 Å². The first kappa shape index (κ1) is 17.7. The number of nitro groups is 1. The lowest BCUT2D eigenvalue weighted by atomic mass is 10.2. The van der Waals surface area contributed by atoms with Crippen LogP contribution in [0.1, 0.15) is 18.8 Å². The lowest BCUT2D eigenvalue weighted by molar-refractivity contribution is -0.384. The van der Waals surface area contributed by atoms with Gasteiger partial charge in [0.15, 0.2) is 0 Å². The highest BCUT2D eigenvalue weighted by Crippen LogP contribution is 2.35. The maximum Gasteiger partial charge on any atom is 0.501 e. The average Bonchev–Trinajstić information content (AvgIpc) is 3.00. The van der Waals surface area contributed by atoms with Gasteiger partial charge in [-0.1, -0.05) is 0 Å². The number of rotatable bonds is 5. The number of nitro benzene ring substituents is 1. The second-order valence-electron chi connectivity index (χ2n) is 4.62. The van der Waals surface area contributed by atoms with E-state index >= 15 is 0 Å². The van der Waals surface area contributed by atoms with Crippen molar-refractivity contribution in [3.63, 3.8) is 0 Å². The summed E-state index contributed by atoms with van der Waals surface area (Å²) in [7, 11) is -5.68. The molecule has 0 amide bonds. The van der Waals surface area contributed by atoms with Gasteiger partial charge < -0.3 is 5.32 Å². The van der Waals surface area contributed by atoms with Crippen LogP contribution >= 0.6 is 0 Å². The Balaban J connectivity index is 2.43. The molecule has 1 aromatic carbocycles. The smallest absolute Gasteiger partial charge is 0.370 e. The van der Waals surface area contributed by atoms with Gasteiger partial charge in [-0.2, -0.15) is 18.3 Å². The average molecular weight is 365 g/mol. The minimum absolute atomic E-state index is 0.162. The number of aromatic nitrogens is 3. The quantitative estimate of drug-likeness (QED) is 0.613. The van der Waals surface area contributed by atoms with E-state index in [2.05, 4.69) is 20.5 Å². The van der Waals surface area contributed by atoms with E-state index in [-0.39, 0.29) is 5.69 Å². The molecule has 24 heavy (non-hydrogen) atoms. The normalized spacial score (nSPS) is 13.5. The molecule has 1 atom stereocenters. The number of halogens is 3. The summed E-state index contributed by atoms with van der Waals surface area (Å²) in [5.41, 5.74) is -6.53. The van der Waals surface area contributed by atoms with Gasteiger partial charge in [0.25, 0.3) is 15.5 Å². The van der Waals surface area contributed by atoms with Gasteiger partial charge in [0.2, 0.25) is 0 Å². The van der Waals surface area contributed by atoms with E-state index < -0.39 is 36.9 Å². The van der Waals surface area contributed by atoms with E-state index in [0.717, 1.165) is 6.07 Å². The van der Waals surface area contributed by atoms with Crippen LogP contribution in [0.2, 0.25) is 0 Å². The summed E-state index contributed by atoms with van der Waals surface area (Å²) in [5.74, 6) is 0.330. The highest BCUT2D eigenvalue weighted by atomic mass is 32.2. The number of nitrogens with one attached hydrogen (secondary N) is 2. The summed E-state index contributed by atoms with van der Waals surface area (Å²) in [6.45, 7) is 1.57. The van der Waals surface area contributed by atoms with E-state index in [9.17, 15) is 31.7 Å². The Morgan fingerprint density at radius 3 is 2.54 bits per heavy atom. The summed E-state index contributed by atoms with van der Waals surface area (Å²) in [5, 5.41) is 19.9. The van der Waals surface area contributed by atoms with Gasteiger partial charge in [-0.3, -0.25) is 15.2 Å². The van der Waals surface area contributed by atoms with Crippen LogP contribution in [-0.4, -0.2) is 34.0 Å². The fraction of sp³-hybridized carbons (Fsp3) is 0.273. The van der Waals surface area contributed by atoms with Gasteiger partial charge in [0.05, 0.1) is 15.9 Å². The number of H-pyrrole nitrogens is 1. The van der Waals surface area contributed by atoms with Crippen LogP contribution in [0.4, 0.5) is 24.5 Å². The zero-order chi connectivity index (χ0) is 18.1. The van der Waals surface area contributed by atoms with E-state index in [0.29, 0.717) is 18.0 Å². The minimum atomic E-state index is -5.68. The number of anilines is 1. The lowest BCUT2D eigenvalue weighted by Gasteiger charge is -2.14. The highest BCUT2D eigenvalue weighted by molar-refractivity contribution is 7.92. The summed E-state index contributed by atoms with van der Waals surface area (Å²) in [4.78, 5) is 12.7. The van der Waals surface area contributed by atoms with Gasteiger partial charge in [-0.05, 0) is 19.1 Å². The Bertz CT molecular complexity index is 851. The zero-order valence-electron chi connectivity index (χ0n) is 11.9. The second-order valence-corrected chi connectivity index (χ2v) is 6.56. The van der Waals surface area contributed by atoms with E-state index in [1.807, 2.05) is 0 Å². The molecule has 1 unspecified atom stereocenters. The van der Waals surface area contributed by atoms with Crippen molar-refractivity contribution in [1.82, 2.24) is 15.2 Å². The Morgan fingerprint density at radius 1 is 1.38 bits per heavy atom. The molecular weight excluding hydrogens is 355 g/mol. The van der Waals surface area contributed by atoms with Crippen LogP contribution in [0.3, 0.4) is 0 Å². The number of hydrogen-bond acceptors (Lipinski definition) is 7. The van der Waals surface area contributed by atoms with Crippen molar-refractivity contribution < 1.29 is 26.5 Å². The fourth-order valence-corrected chi connectivity index (χ4v) is 2.59. The molecule has 0 saturated carbocycles. The third kappa shape index (κ3) is 3.29. The monoisotopic (exact) mass is 365 g/mol. The molecule has 1 heterocycles. The van der Waals surface area contributed by atoms with Crippen molar-refractivity contribution in [3.05, 3.63) is 40.5 Å². The van der Waals surface area contributed by atoms with Gasteiger partial charge in [0.1, 0.15) is 17.8 Å². The molecule has 9 nitrogen and oxygen atoms in total. The predicted molar refractivity (Wildman–Crippen MR) is 74.8 cm³/mol. The van der Waals surface area contributed by atoms with E-state index in [1.165, 1.54) is 6.33 Å². The first-order chi connectivity index (χ1) is 11.0. The summed E-state index contributed by atoms with van der Waals surface area (Å²) in [6, 6.07) is 1.31. The van der Waals surface area contributed by atoms with Gasteiger partial charge >= 0.3 is 5.51 Å². The first-order valence-corrected chi connectivity index (χ1v) is 7.74. The molecule has 13 heteroatoms. The number of alkyl halides is 3. The maximum absolute atomic E-state index is 12.6. The van der Waals surface area contributed by atoms with Crippen molar-refractivity contribution in [2.45, 2.75) is 23.4 Å². The topological polar surface area (TPSA) is 131 Å². The highest BCUT2D eigenvalue weighted by Gasteiger charge is 2.47. The molecule has 2 N–H and O–H groups in total. The first-order valence-electron chi connectivity index (χ1n) is 6.25. The predicted octanol–water partition coefficient (Wildman–Crippen LogP) is 2.18. The number of aromatic amines is 1. The molecule has 1 aromatic heterocycles. The van der Waals surface area contributed by atoms with E-state index in [1.54, 1.807) is 6.92 Å². The molecular formula is C11H10F3N5O4S. The maximum atomic E-state index is 12.6. The summed E-state index contributed by atoms with van der Waals surface area (Å²) in [6.07, 6.45) is 1.21. The number of sulfone groups is 1. The Labute approximate surface area is 133 Å². The van der Waals surface area contributed by atoms with Crippen LogP contribution in [0.15, 0.2) is 29.4 Å². The second kappa shape index (κ2) is 6.07. The van der Waals surface area contributed by atoms with Gasteiger partial charge in [0, 0.05) is 6.07 Å². The van der Waals surface area contributed by atoms with Gasteiger partial charge in [-0.15, -0.1) is 0 Å². The van der Waals surface area contributed by atoms with Gasteiger partial charge in [-0.25, -0.2) is 13.4 Å². The zero-order valence-corrected chi connectivity index (χ0v) is 12.7. The van der Waals surface area contributed by atoms with Crippen LogP contribution in [0, 0.1) is 10.1 Å². The molecule has 130 valence electrons. The summed E-state index contributed by atoms with van der Waals surface area (Å²) < 4.78 is 60.4. The molecule has 0 bridgehead atoms. The number of hydrogen-bond donors (Lipinski definition) is 2. The standard InChI is InChI=1S/C11H10F3N5O4S/c1-6(10-15-5-16-18-10)17-8-3-2-7(4-9(8)19(20)21)24(22,23)11(12,13)14/h2-6,17H,1H3,(H,15,16,18). The largest absolute Gasteiger partial charge is 0.501 e. The molecule has 0 radical (unpaired) electrons. The van der Waals surface area contributed by atoms with Crippen molar-refractivity contribution in [2.75, 3.05) is 5.32 Å². The van der Waals surface area contributed by atoms with Crippen molar-refractivity contribution in [2.24, 2.45) is 0 Å². The van der Waals surface area contributed by atoms with E-state index in [4.69, 9.17) is 0 Å². The Hall–Kier alpha value is -2.70. The molecule has 0 saturated heterocycles. The molecule has 0 aliphatic rings. The third-order valence-corrected chi connectivity index (χ3v) is 4.48.